The van der Waals surface area contributed by atoms with Gasteiger partial charge in [0.15, 0.2) is 0 Å². The SMILES string of the molecule is CCCCCc1c[nH]c(=O)o1. The van der Waals surface area contributed by atoms with Crippen molar-refractivity contribution in [2.45, 2.75) is 32.6 Å². The average Bonchev–Trinajstić information content (AvgIpc) is 2.37. The Bertz CT molecular complexity index is 249. The van der Waals surface area contributed by atoms with Gasteiger partial charge in [0.25, 0.3) is 0 Å². The highest BCUT2D eigenvalue weighted by Gasteiger charge is 1.96. The molecule has 3 heteroatoms. The molecule has 1 aromatic heterocycles. The fraction of sp³-hybridized carbons (Fsp3) is 0.625. The van der Waals surface area contributed by atoms with Crippen LogP contribution in [0.15, 0.2) is 15.4 Å². The van der Waals surface area contributed by atoms with Gasteiger partial charge in [0.05, 0.1) is 0 Å². The summed E-state index contributed by atoms with van der Waals surface area (Å²) < 4.78 is 4.82. The summed E-state index contributed by atoms with van der Waals surface area (Å²) in [6, 6.07) is 0. The van der Waals surface area contributed by atoms with E-state index in [2.05, 4.69) is 11.9 Å². The molecule has 1 rings (SSSR count). The molecule has 0 saturated carbocycles. The van der Waals surface area contributed by atoms with Crippen LogP contribution in [0.5, 0.6) is 0 Å². The maximum atomic E-state index is 10.5. The van der Waals surface area contributed by atoms with Crippen molar-refractivity contribution in [1.82, 2.24) is 4.98 Å². The van der Waals surface area contributed by atoms with Crippen molar-refractivity contribution in [1.29, 1.82) is 0 Å². The van der Waals surface area contributed by atoms with Gasteiger partial charge in [0.1, 0.15) is 5.76 Å². The first-order chi connectivity index (χ1) is 5.33. The fourth-order valence-corrected chi connectivity index (χ4v) is 0.990. The molecule has 1 N–H and O–H groups in total. The Kier molecular flexibility index (Phi) is 2.95. The van der Waals surface area contributed by atoms with E-state index in [4.69, 9.17) is 4.42 Å². The van der Waals surface area contributed by atoms with Crippen LogP contribution in [-0.4, -0.2) is 4.98 Å². The van der Waals surface area contributed by atoms with Crippen LogP contribution in [0, 0.1) is 0 Å². The number of unbranched alkanes of at least 4 members (excludes halogenated alkanes) is 2. The molecule has 0 radical (unpaired) electrons. The summed E-state index contributed by atoms with van der Waals surface area (Å²) in [5, 5.41) is 0. The maximum absolute atomic E-state index is 10.5. The molecule has 0 aromatic carbocycles. The highest BCUT2D eigenvalue weighted by Crippen LogP contribution is 2.02. The zero-order valence-corrected chi connectivity index (χ0v) is 6.72. The lowest BCUT2D eigenvalue weighted by Gasteiger charge is -1.92. The summed E-state index contributed by atoms with van der Waals surface area (Å²) in [4.78, 5) is 13.0. The van der Waals surface area contributed by atoms with Crippen LogP contribution >= 0.6 is 0 Å². The first kappa shape index (κ1) is 8.11. The third-order valence-corrected chi connectivity index (χ3v) is 1.60. The van der Waals surface area contributed by atoms with Gasteiger partial charge in [-0.15, -0.1) is 0 Å². The number of hydrogen-bond acceptors (Lipinski definition) is 2. The van der Waals surface area contributed by atoms with E-state index in [1.807, 2.05) is 0 Å². The maximum Gasteiger partial charge on any atom is 0.416 e. The van der Waals surface area contributed by atoms with Gasteiger partial charge in [-0.05, 0) is 6.42 Å². The minimum absolute atomic E-state index is 0.350. The highest BCUT2D eigenvalue weighted by atomic mass is 16.4. The second-order valence-electron chi connectivity index (χ2n) is 2.60. The van der Waals surface area contributed by atoms with Crippen LogP contribution in [0.3, 0.4) is 0 Å². The molecule has 0 saturated heterocycles. The zero-order chi connectivity index (χ0) is 8.10. The average molecular weight is 155 g/mol. The van der Waals surface area contributed by atoms with E-state index >= 15 is 0 Å². The quantitative estimate of drug-likeness (QED) is 0.672. The molecule has 0 atom stereocenters. The van der Waals surface area contributed by atoms with E-state index in [-0.39, 0.29) is 5.76 Å². The van der Waals surface area contributed by atoms with Gasteiger partial charge in [-0.1, -0.05) is 19.8 Å². The molecule has 0 amide bonds. The molecule has 0 spiro atoms. The van der Waals surface area contributed by atoms with Gasteiger partial charge in [-0.3, -0.25) is 4.98 Å². The predicted molar refractivity (Wildman–Crippen MR) is 42.6 cm³/mol. The highest BCUT2D eigenvalue weighted by molar-refractivity contribution is 4.87. The summed E-state index contributed by atoms with van der Waals surface area (Å²) in [7, 11) is 0. The molecule has 0 fully saturated rings. The van der Waals surface area contributed by atoms with Gasteiger partial charge < -0.3 is 4.42 Å². The number of nitrogens with one attached hydrogen (secondary N) is 1. The fourth-order valence-electron chi connectivity index (χ4n) is 0.990. The van der Waals surface area contributed by atoms with Crippen molar-refractivity contribution in [2.24, 2.45) is 0 Å². The van der Waals surface area contributed by atoms with E-state index in [1.165, 1.54) is 12.8 Å². The summed E-state index contributed by atoms with van der Waals surface area (Å²) in [5.41, 5.74) is 0. The van der Waals surface area contributed by atoms with Crippen molar-refractivity contribution < 1.29 is 4.42 Å². The number of hydrogen-bond donors (Lipinski definition) is 1. The van der Waals surface area contributed by atoms with Crippen LogP contribution in [0.1, 0.15) is 31.9 Å². The molecule has 0 unspecified atom stereocenters. The summed E-state index contributed by atoms with van der Waals surface area (Å²) >= 11 is 0. The minimum Gasteiger partial charge on any atom is -0.413 e. The van der Waals surface area contributed by atoms with Crippen LogP contribution < -0.4 is 5.76 Å². The molecule has 0 aliphatic carbocycles. The summed E-state index contributed by atoms with van der Waals surface area (Å²) in [6.07, 6.45) is 5.98. The summed E-state index contributed by atoms with van der Waals surface area (Å²) in [6.45, 7) is 2.15. The van der Waals surface area contributed by atoms with E-state index < -0.39 is 0 Å². The van der Waals surface area contributed by atoms with Gasteiger partial charge in [-0.2, -0.15) is 0 Å². The van der Waals surface area contributed by atoms with Crippen molar-refractivity contribution in [3.05, 3.63) is 22.5 Å². The van der Waals surface area contributed by atoms with Crippen molar-refractivity contribution in [3.63, 3.8) is 0 Å². The lowest BCUT2D eigenvalue weighted by Crippen LogP contribution is -1.92. The number of aromatic nitrogens is 1. The standard InChI is InChI=1S/C8H13NO2/c1-2-3-4-5-7-6-9-8(10)11-7/h6H,2-5H2,1H3,(H,9,10). The van der Waals surface area contributed by atoms with E-state index in [9.17, 15) is 4.79 Å². The molecule has 1 aromatic rings. The third kappa shape index (κ3) is 2.62. The van der Waals surface area contributed by atoms with Gasteiger partial charge in [-0.25, -0.2) is 4.79 Å². The first-order valence-corrected chi connectivity index (χ1v) is 4.00. The van der Waals surface area contributed by atoms with E-state index in [0.717, 1.165) is 18.6 Å². The van der Waals surface area contributed by atoms with Gasteiger partial charge in [0.2, 0.25) is 0 Å². The monoisotopic (exact) mass is 155 g/mol. The number of oxazole rings is 1. The molecule has 62 valence electrons. The van der Waals surface area contributed by atoms with E-state index in [1.54, 1.807) is 6.20 Å². The Morgan fingerprint density at radius 3 is 2.91 bits per heavy atom. The smallest absolute Gasteiger partial charge is 0.413 e. The molecule has 0 aliphatic heterocycles. The molecular weight excluding hydrogens is 142 g/mol. The van der Waals surface area contributed by atoms with Crippen LogP contribution in [0.2, 0.25) is 0 Å². The molecule has 0 aliphatic rings. The van der Waals surface area contributed by atoms with Gasteiger partial charge in [0, 0.05) is 12.6 Å². The van der Waals surface area contributed by atoms with Crippen molar-refractivity contribution in [3.8, 4) is 0 Å². The Hall–Kier alpha value is -0.990. The Balaban J connectivity index is 2.33. The lowest BCUT2D eigenvalue weighted by molar-refractivity contribution is 0.460. The molecular formula is C8H13NO2. The lowest BCUT2D eigenvalue weighted by atomic mass is 10.2. The van der Waals surface area contributed by atoms with Crippen LogP contribution in [-0.2, 0) is 6.42 Å². The summed E-state index contributed by atoms with van der Waals surface area (Å²) in [5.74, 6) is 0.417. The minimum atomic E-state index is -0.350. The predicted octanol–water partition coefficient (Wildman–Crippen LogP) is 1.70. The normalized spacial score (nSPS) is 10.3. The zero-order valence-electron chi connectivity index (χ0n) is 6.72. The van der Waals surface area contributed by atoms with Gasteiger partial charge >= 0.3 is 5.76 Å². The van der Waals surface area contributed by atoms with Crippen LogP contribution in [0.25, 0.3) is 0 Å². The number of rotatable bonds is 4. The molecule has 11 heavy (non-hydrogen) atoms. The second kappa shape index (κ2) is 4.01. The largest absolute Gasteiger partial charge is 0.416 e. The topological polar surface area (TPSA) is 46.0 Å². The molecule has 1 heterocycles. The molecule has 0 bridgehead atoms. The van der Waals surface area contributed by atoms with Crippen molar-refractivity contribution >= 4 is 0 Å². The number of aromatic amines is 1. The Morgan fingerprint density at radius 1 is 1.55 bits per heavy atom. The Morgan fingerprint density at radius 2 is 2.36 bits per heavy atom. The van der Waals surface area contributed by atoms with Crippen molar-refractivity contribution in [2.75, 3.05) is 0 Å². The second-order valence-corrected chi connectivity index (χ2v) is 2.60. The van der Waals surface area contributed by atoms with Crippen LogP contribution in [0.4, 0.5) is 0 Å². The molecule has 3 nitrogen and oxygen atoms in total. The number of H-pyrrole nitrogens is 1. The Labute approximate surface area is 65.4 Å². The van der Waals surface area contributed by atoms with E-state index in [0.29, 0.717) is 0 Å². The third-order valence-electron chi connectivity index (χ3n) is 1.60. The first-order valence-electron chi connectivity index (χ1n) is 4.00. The number of aryl methyl sites for hydroxylation is 1.